The van der Waals surface area contributed by atoms with Crippen LogP contribution in [0.2, 0.25) is 0 Å². The third-order valence-corrected chi connectivity index (χ3v) is 6.88. The molecule has 9 heteroatoms. The number of nitrogens with zero attached hydrogens (tertiary/aromatic N) is 2. The van der Waals surface area contributed by atoms with Crippen LogP contribution < -0.4 is 0 Å². The van der Waals surface area contributed by atoms with Gasteiger partial charge in [-0.1, -0.05) is 13.8 Å². The monoisotopic (exact) mass is 444 g/mol. The van der Waals surface area contributed by atoms with Crippen LogP contribution in [0, 0.1) is 11.8 Å². The molecule has 2 atom stereocenters. The lowest BCUT2D eigenvalue weighted by molar-refractivity contribution is -0.138. The molecule has 29 heavy (non-hydrogen) atoms. The maximum atomic E-state index is 11.7. The summed E-state index contributed by atoms with van der Waals surface area (Å²) in [6.45, 7) is 12.5. The Balaban J connectivity index is 1.49. The fourth-order valence-electron chi connectivity index (χ4n) is 2.55. The quantitative estimate of drug-likeness (QED) is 0.337. The van der Waals surface area contributed by atoms with Crippen molar-refractivity contribution in [1.82, 2.24) is 0 Å². The zero-order chi connectivity index (χ0) is 21.7. The number of hydrogen-bond donors (Lipinski definition) is 0. The zero-order valence-electron chi connectivity index (χ0n) is 18.1. The number of aliphatic imine (C=N–C) groups is 2. The van der Waals surface area contributed by atoms with E-state index in [0.29, 0.717) is 25.0 Å². The molecule has 7 nitrogen and oxygen atoms in total. The minimum absolute atomic E-state index is 0.111. The van der Waals surface area contributed by atoms with Crippen molar-refractivity contribution < 1.29 is 23.8 Å². The number of hydrogen-bond acceptors (Lipinski definition) is 9. The van der Waals surface area contributed by atoms with Crippen LogP contribution in [0.25, 0.3) is 0 Å². The zero-order valence-corrected chi connectivity index (χ0v) is 19.8. The molecule has 0 bridgehead atoms. The SMILES string of the molecule is CC(CSCCOCCSCC(C)C1=NC(C)(C)C(=O)O1)C1=NC(C)(C)C(=O)O1. The van der Waals surface area contributed by atoms with Crippen LogP contribution >= 0.6 is 23.5 Å². The van der Waals surface area contributed by atoms with Crippen LogP contribution in [0.1, 0.15) is 41.5 Å². The van der Waals surface area contributed by atoms with Crippen LogP contribution in [0.4, 0.5) is 0 Å². The van der Waals surface area contributed by atoms with E-state index in [9.17, 15) is 9.59 Å². The normalized spacial score (nSPS) is 22.0. The number of cyclic esters (lactones) is 2. The summed E-state index contributed by atoms with van der Waals surface area (Å²) in [4.78, 5) is 32.1. The van der Waals surface area contributed by atoms with Gasteiger partial charge < -0.3 is 14.2 Å². The van der Waals surface area contributed by atoms with Crippen molar-refractivity contribution in [2.75, 3.05) is 36.2 Å². The van der Waals surface area contributed by atoms with E-state index >= 15 is 0 Å². The average molecular weight is 445 g/mol. The lowest BCUT2D eigenvalue weighted by Crippen LogP contribution is -2.25. The van der Waals surface area contributed by atoms with Crippen molar-refractivity contribution >= 4 is 47.3 Å². The Morgan fingerprint density at radius 2 is 1.21 bits per heavy atom. The Kier molecular flexibility index (Phi) is 8.60. The lowest BCUT2D eigenvalue weighted by Gasteiger charge is -2.11. The van der Waals surface area contributed by atoms with Gasteiger partial charge in [0.25, 0.3) is 0 Å². The summed E-state index contributed by atoms with van der Waals surface area (Å²) in [7, 11) is 0. The number of thioether (sulfide) groups is 2. The number of ether oxygens (including phenoxy) is 3. The molecule has 2 aliphatic rings. The highest BCUT2D eigenvalue weighted by atomic mass is 32.2. The Bertz CT molecular complexity index is 620. The highest BCUT2D eigenvalue weighted by molar-refractivity contribution is 7.99. The molecule has 2 unspecified atom stereocenters. The van der Waals surface area contributed by atoms with Gasteiger partial charge in [-0.25, -0.2) is 19.6 Å². The summed E-state index contributed by atoms with van der Waals surface area (Å²) in [6.07, 6.45) is 0. The first-order valence-electron chi connectivity index (χ1n) is 9.90. The smallest absolute Gasteiger partial charge is 0.340 e. The third-order valence-electron chi connectivity index (χ3n) is 4.50. The molecular weight excluding hydrogens is 412 g/mol. The molecule has 0 aromatic heterocycles. The van der Waals surface area contributed by atoms with Gasteiger partial charge in [-0.2, -0.15) is 23.5 Å². The summed E-state index contributed by atoms with van der Waals surface area (Å²) in [5, 5.41) is 0. The van der Waals surface area contributed by atoms with Crippen LogP contribution in [0.3, 0.4) is 0 Å². The summed E-state index contributed by atoms with van der Waals surface area (Å²) in [5.41, 5.74) is -1.51. The Labute approximate surface area is 181 Å². The second-order valence-electron chi connectivity index (χ2n) is 8.36. The van der Waals surface area contributed by atoms with Crippen molar-refractivity contribution in [3.8, 4) is 0 Å². The van der Waals surface area contributed by atoms with E-state index in [4.69, 9.17) is 14.2 Å². The van der Waals surface area contributed by atoms with Gasteiger partial charge >= 0.3 is 11.9 Å². The maximum Gasteiger partial charge on any atom is 0.340 e. The molecule has 0 spiro atoms. The number of rotatable bonds is 12. The fourth-order valence-corrected chi connectivity index (χ4v) is 4.35. The highest BCUT2D eigenvalue weighted by Gasteiger charge is 2.39. The first kappa shape index (κ1) is 24.2. The van der Waals surface area contributed by atoms with Gasteiger partial charge in [-0.3, -0.25) is 0 Å². The van der Waals surface area contributed by atoms with Crippen LogP contribution in [-0.2, 0) is 23.8 Å². The molecule has 0 aromatic carbocycles. The van der Waals surface area contributed by atoms with Crippen molar-refractivity contribution in [2.45, 2.75) is 52.6 Å². The summed E-state index contributed by atoms with van der Waals surface area (Å²) < 4.78 is 16.2. The minimum atomic E-state index is -0.755. The molecule has 0 radical (unpaired) electrons. The van der Waals surface area contributed by atoms with Gasteiger partial charge in [-0.15, -0.1) is 0 Å². The van der Waals surface area contributed by atoms with Gasteiger partial charge in [0.1, 0.15) is 0 Å². The molecule has 0 amide bonds. The van der Waals surface area contributed by atoms with Crippen molar-refractivity contribution in [1.29, 1.82) is 0 Å². The van der Waals surface area contributed by atoms with Gasteiger partial charge in [0, 0.05) is 34.8 Å². The first-order valence-corrected chi connectivity index (χ1v) is 12.2. The summed E-state index contributed by atoms with van der Waals surface area (Å²) >= 11 is 3.53. The summed E-state index contributed by atoms with van der Waals surface area (Å²) in [6, 6.07) is 0. The van der Waals surface area contributed by atoms with Gasteiger partial charge in [0.15, 0.2) is 22.9 Å². The van der Waals surface area contributed by atoms with E-state index < -0.39 is 11.1 Å². The molecule has 2 rings (SSSR count). The second kappa shape index (κ2) is 10.3. The number of esters is 2. The highest BCUT2D eigenvalue weighted by Crippen LogP contribution is 2.25. The average Bonchev–Trinajstić information content (AvgIpc) is 3.07. The molecule has 164 valence electrons. The predicted octanol–water partition coefficient (Wildman–Crippen LogP) is 3.21. The Hall–Kier alpha value is -1.06. The van der Waals surface area contributed by atoms with E-state index in [-0.39, 0.29) is 23.8 Å². The predicted molar refractivity (Wildman–Crippen MR) is 119 cm³/mol. The largest absolute Gasteiger partial charge is 0.410 e. The summed E-state index contributed by atoms with van der Waals surface area (Å²) in [5.74, 6) is 4.21. The Morgan fingerprint density at radius 3 is 1.52 bits per heavy atom. The van der Waals surface area contributed by atoms with Crippen LogP contribution in [0.5, 0.6) is 0 Å². The molecule has 0 saturated carbocycles. The maximum absolute atomic E-state index is 11.7. The minimum Gasteiger partial charge on any atom is -0.410 e. The van der Waals surface area contributed by atoms with E-state index in [1.54, 1.807) is 51.2 Å². The van der Waals surface area contributed by atoms with E-state index in [1.807, 2.05) is 13.8 Å². The molecule has 2 aliphatic heterocycles. The third kappa shape index (κ3) is 7.00. The number of carbonyl (C=O) groups is 2. The van der Waals surface area contributed by atoms with Crippen LogP contribution in [-0.4, -0.2) is 71.0 Å². The lowest BCUT2D eigenvalue weighted by atomic mass is 10.1. The van der Waals surface area contributed by atoms with E-state index in [2.05, 4.69) is 9.98 Å². The Morgan fingerprint density at radius 1 is 0.828 bits per heavy atom. The van der Waals surface area contributed by atoms with Crippen LogP contribution in [0.15, 0.2) is 9.98 Å². The molecule has 0 saturated heterocycles. The van der Waals surface area contributed by atoms with Crippen molar-refractivity contribution in [2.24, 2.45) is 21.8 Å². The molecule has 0 aliphatic carbocycles. The van der Waals surface area contributed by atoms with E-state index in [0.717, 1.165) is 23.0 Å². The topological polar surface area (TPSA) is 86.5 Å². The molecule has 0 fully saturated rings. The molecule has 2 heterocycles. The standard InChI is InChI=1S/C20H32N2O5S2/c1-13(15-21-19(3,4)17(23)26-15)11-28-9-7-25-8-10-29-12-14(2)16-22-20(5,6)18(24)27-16/h13-14H,7-12H2,1-6H3. The van der Waals surface area contributed by atoms with Crippen molar-refractivity contribution in [3.05, 3.63) is 0 Å². The second-order valence-corrected chi connectivity index (χ2v) is 10.7. The molecule has 0 N–H and O–H groups in total. The van der Waals surface area contributed by atoms with Gasteiger partial charge in [-0.05, 0) is 27.7 Å². The van der Waals surface area contributed by atoms with Gasteiger partial charge in [0.2, 0.25) is 0 Å². The number of carbonyl (C=O) groups excluding carboxylic acids is 2. The molecule has 0 aromatic rings. The van der Waals surface area contributed by atoms with Gasteiger partial charge in [0.05, 0.1) is 13.2 Å². The van der Waals surface area contributed by atoms with E-state index in [1.165, 1.54) is 0 Å². The van der Waals surface area contributed by atoms with Crippen molar-refractivity contribution in [3.63, 3.8) is 0 Å². The fraction of sp³-hybridized carbons (Fsp3) is 0.800. The first-order chi connectivity index (χ1) is 13.5. The molecular formula is C20H32N2O5S2.